The standard InChI is InChI=1S/C13H19N3O/c1-4-8-14-11-7-9-15-12(10-11)13(17)16(5-2)6-3/h4,7,9-10H,1,5-6,8H2,2-3H3,(H,14,15). The van der Waals surface area contributed by atoms with Crippen molar-refractivity contribution in [2.45, 2.75) is 13.8 Å². The number of nitrogens with one attached hydrogen (secondary N) is 1. The number of amides is 1. The van der Waals surface area contributed by atoms with Crippen LogP contribution < -0.4 is 5.32 Å². The molecule has 0 atom stereocenters. The maximum Gasteiger partial charge on any atom is 0.272 e. The molecule has 0 saturated carbocycles. The molecule has 0 aliphatic carbocycles. The highest BCUT2D eigenvalue weighted by Crippen LogP contribution is 2.09. The molecule has 0 bridgehead atoms. The minimum atomic E-state index is -0.0303. The molecule has 1 aromatic heterocycles. The lowest BCUT2D eigenvalue weighted by Gasteiger charge is -2.18. The zero-order chi connectivity index (χ0) is 12.7. The van der Waals surface area contributed by atoms with Crippen molar-refractivity contribution in [3.63, 3.8) is 0 Å². The van der Waals surface area contributed by atoms with E-state index in [0.717, 1.165) is 5.69 Å². The van der Waals surface area contributed by atoms with Crippen molar-refractivity contribution in [2.24, 2.45) is 0 Å². The van der Waals surface area contributed by atoms with Crippen LogP contribution in [0.1, 0.15) is 24.3 Å². The first-order chi connectivity index (χ1) is 8.22. The fraction of sp³-hybridized carbons (Fsp3) is 0.385. The van der Waals surface area contributed by atoms with E-state index in [0.29, 0.717) is 25.3 Å². The molecule has 1 aromatic rings. The number of pyridine rings is 1. The number of nitrogens with zero attached hydrogens (tertiary/aromatic N) is 2. The van der Waals surface area contributed by atoms with E-state index >= 15 is 0 Å². The van der Waals surface area contributed by atoms with E-state index in [4.69, 9.17) is 0 Å². The summed E-state index contributed by atoms with van der Waals surface area (Å²) in [6, 6.07) is 3.60. The predicted octanol–water partition coefficient (Wildman–Crippen LogP) is 2.16. The zero-order valence-electron chi connectivity index (χ0n) is 10.4. The van der Waals surface area contributed by atoms with E-state index in [9.17, 15) is 4.79 Å². The number of carbonyl (C=O) groups is 1. The lowest BCUT2D eigenvalue weighted by molar-refractivity contribution is 0.0767. The Kier molecular flexibility index (Phi) is 5.20. The first-order valence-electron chi connectivity index (χ1n) is 5.83. The van der Waals surface area contributed by atoms with Gasteiger partial charge in [-0.05, 0) is 26.0 Å². The SMILES string of the molecule is C=CCNc1ccnc(C(=O)N(CC)CC)c1. The first-order valence-corrected chi connectivity index (χ1v) is 5.83. The van der Waals surface area contributed by atoms with E-state index < -0.39 is 0 Å². The second-order valence-electron chi connectivity index (χ2n) is 3.58. The molecule has 0 saturated heterocycles. The molecular formula is C13H19N3O. The van der Waals surface area contributed by atoms with E-state index in [2.05, 4.69) is 16.9 Å². The molecule has 4 nitrogen and oxygen atoms in total. The predicted molar refractivity (Wildman–Crippen MR) is 70.2 cm³/mol. The van der Waals surface area contributed by atoms with Gasteiger partial charge in [0.1, 0.15) is 5.69 Å². The lowest BCUT2D eigenvalue weighted by Crippen LogP contribution is -2.31. The van der Waals surface area contributed by atoms with Crippen LogP contribution in [0.3, 0.4) is 0 Å². The average molecular weight is 233 g/mol. The minimum Gasteiger partial charge on any atom is -0.381 e. The number of hydrogen-bond acceptors (Lipinski definition) is 3. The van der Waals surface area contributed by atoms with Gasteiger partial charge in [0.15, 0.2) is 0 Å². The van der Waals surface area contributed by atoms with E-state index in [1.54, 1.807) is 23.2 Å². The monoisotopic (exact) mass is 233 g/mol. The maximum absolute atomic E-state index is 12.0. The van der Waals surface area contributed by atoms with Crippen LogP contribution in [0.5, 0.6) is 0 Å². The van der Waals surface area contributed by atoms with Gasteiger partial charge < -0.3 is 10.2 Å². The Morgan fingerprint density at radius 1 is 1.53 bits per heavy atom. The molecule has 1 heterocycles. The zero-order valence-corrected chi connectivity index (χ0v) is 10.4. The van der Waals surface area contributed by atoms with Gasteiger partial charge in [-0.2, -0.15) is 0 Å². The Morgan fingerprint density at radius 2 is 2.24 bits per heavy atom. The molecule has 1 N–H and O–H groups in total. The minimum absolute atomic E-state index is 0.0303. The first kappa shape index (κ1) is 13.2. The summed E-state index contributed by atoms with van der Waals surface area (Å²) in [5.41, 5.74) is 1.36. The molecule has 0 radical (unpaired) electrons. The summed E-state index contributed by atoms with van der Waals surface area (Å²) in [5.74, 6) is -0.0303. The third kappa shape index (κ3) is 3.59. The van der Waals surface area contributed by atoms with Crippen LogP contribution in [0, 0.1) is 0 Å². The molecule has 0 aliphatic rings. The smallest absolute Gasteiger partial charge is 0.272 e. The molecule has 0 aromatic carbocycles. The van der Waals surface area contributed by atoms with Crippen LogP contribution in [-0.4, -0.2) is 35.4 Å². The summed E-state index contributed by atoms with van der Waals surface area (Å²) < 4.78 is 0. The van der Waals surface area contributed by atoms with Gasteiger partial charge in [-0.3, -0.25) is 9.78 Å². The summed E-state index contributed by atoms with van der Waals surface area (Å²) >= 11 is 0. The van der Waals surface area contributed by atoms with Crippen LogP contribution in [-0.2, 0) is 0 Å². The van der Waals surface area contributed by atoms with Gasteiger partial charge in [0.2, 0.25) is 0 Å². The maximum atomic E-state index is 12.0. The van der Waals surface area contributed by atoms with E-state index in [-0.39, 0.29) is 5.91 Å². The number of aromatic nitrogens is 1. The van der Waals surface area contributed by atoms with Crippen molar-refractivity contribution in [2.75, 3.05) is 25.0 Å². The van der Waals surface area contributed by atoms with E-state index in [1.165, 1.54) is 0 Å². The Bertz CT molecular complexity index is 386. The summed E-state index contributed by atoms with van der Waals surface area (Å²) in [7, 11) is 0. The van der Waals surface area contributed by atoms with Gasteiger partial charge in [-0.25, -0.2) is 0 Å². The average Bonchev–Trinajstić information content (AvgIpc) is 2.38. The van der Waals surface area contributed by atoms with Crippen LogP contribution in [0.4, 0.5) is 5.69 Å². The van der Waals surface area contributed by atoms with Crippen molar-refractivity contribution in [1.29, 1.82) is 0 Å². The fourth-order valence-corrected chi connectivity index (χ4v) is 1.52. The number of anilines is 1. The van der Waals surface area contributed by atoms with Crippen LogP contribution >= 0.6 is 0 Å². The normalized spacial score (nSPS) is 9.76. The van der Waals surface area contributed by atoms with Gasteiger partial charge >= 0.3 is 0 Å². The van der Waals surface area contributed by atoms with Crippen molar-refractivity contribution in [3.05, 3.63) is 36.7 Å². The third-order valence-corrected chi connectivity index (χ3v) is 2.48. The lowest BCUT2D eigenvalue weighted by atomic mass is 10.2. The topological polar surface area (TPSA) is 45.2 Å². The highest BCUT2D eigenvalue weighted by Gasteiger charge is 2.13. The number of carbonyl (C=O) groups excluding carboxylic acids is 1. The molecule has 0 unspecified atom stereocenters. The van der Waals surface area contributed by atoms with Gasteiger partial charge in [0.05, 0.1) is 0 Å². The second kappa shape index (κ2) is 6.68. The van der Waals surface area contributed by atoms with E-state index in [1.807, 2.05) is 19.9 Å². The van der Waals surface area contributed by atoms with Crippen molar-refractivity contribution in [1.82, 2.24) is 9.88 Å². The number of hydrogen-bond donors (Lipinski definition) is 1. The Hall–Kier alpha value is -1.84. The molecule has 1 amide bonds. The number of rotatable bonds is 6. The molecular weight excluding hydrogens is 214 g/mol. The molecule has 17 heavy (non-hydrogen) atoms. The van der Waals surface area contributed by atoms with Crippen LogP contribution in [0.2, 0.25) is 0 Å². The van der Waals surface area contributed by atoms with Crippen molar-refractivity contribution in [3.8, 4) is 0 Å². The highest BCUT2D eigenvalue weighted by atomic mass is 16.2. The van der Waals surface area contributed by atoms with Gasteiger partial charge in [-0.15, -0.1) is 6.58 Å². The largest absolute Gasteiger partial charge is 0.381 e. The van der Waals surface area contributed by atoms with Crippen LogP contribution in [0.25, 0.3) is 0 Å². The Morgan fingerprint density at radius 3 is 2.82 bits per heavy atom. The second-order valence-corrected chi connectivity index (χ2v) is 3.58. The Labute approximate surface area is 102 Å². The molecule has 4 heteroatoms. The summed E-state index contributed by atoms with van der Waals surface area (Å²) in [6.07, 6.45) is 3.41. The molecule has 1 rings (SSSR count). The summed E-state index contributed by atoms with van der Waals surface area (Å²) in [4.78, 5) is 17.9. The molecule has 0 aliphatic heterocycles. The summed E-state index contributed by atoms with van der Waals surface area (Å²) in [6.45, 7) is 9.61. The highest BCUT2D eigenvalue weighted by molar-refractivity contribution is 5.93. The third-order valence-electron chi connectivity index (χ3n) is 2.48. The molecule has 0 spiro atoms. The van der Waals surface area contributed by atoms with Crippen LogP contribution in [0.15, 0.2) is 31.0 Å². The molecule has 0 fully saturated rings. The Balaban J connectivity index is 2.83. The summed E-state index contributed by atoms with van der Waals surface area (Å²) in [5, 5.41) is 3.14. The van der Waals surface area contributed by atoms with Gasteiger partial charge in [-0.1, -0.05) is 6.08 Å². The van der Waals surface area contributed by atoms with Gasteiger partial charge in [0, 0.05) is 31.5 Å². The quantitative estimate of drug-likeness (QED) is 0.766. The van der Waals surface area contributed by atoms with Crippen molar-refractivity contribution < 1.29 is 4.79 Å². The van der Waals surface area contributed by atoms with Gasteiger partial charge in [0.25, 0.3) is 5.91 Å². The fourth-order valence-electron chi connectivity index (χ4n) is 1.52. The molecule has 92 valence electrons. The van der Waals surface area contributed by atoms with Crippen molar-refractivity contribution >= 4 is 11.6 Å².